The number of benzene rings is 1. The SMILES string of the molecule is CC(C)C(=O)N1CCc2nc(Nc3cccc(F)c3)ncc2C1. The van der Waals surface area contributed by atoms with Crippen LogP contribution in [0.15, 0.2) is 30.5 Å². The van der Waals surface area contributed by atoms with Gasteiger partial charge in [0.15, 0.2) is 0 Å². The molecule has 6 heteroatoms. The first kappa shape index (κ1) is 15.4. The van der Waals surface area contributed by atoms with Gasteiger partial charge in [-0.2, -0.15) is 0 Å². The van der Waals surface area contributed by atoms with Crippen molar-refractivity contribution in [1.29, 1.82) is 0 Å². The number of nitrogens with zero attached hydrogens (tertiary/aromatic N) is 3. The van der Waals surface area contributed by atoms with Gasteiger partial charge in [0.1, 0.15) is 5.82 Å². The molecule has 1 N–H and O–H groups in total. The average molecular weight is 314 g/mol. The van der Waals surface area contributed by atoms with E-state index in [0.29, 0.717) is 31.1 Å². The Morgan fingerprint density at radius 1 is 1.39 bits per heavy atom. The van der Waals surface area contributed by atoms with E-state index >= 15 is 0 Å². The number of hydrogen-bond donors (Lipinski definition) is 1. The largest absolute Gasteiger partial charge is 0.338 e. The number of carbonyl (C=O) groups is 1. The average Bonchev–Trinajstić information content (AvgIpc) is 2.53. The zero-order chi connectivity index (χ0) is 16.4. The Kier molecular flexibility index (Phi) is 4.23. The van der Waals surface area contributed by atoms with Crippen LogP contribution in [0.1, 0.15) is 25.1 Å². The predicted octanol–water partition coefficient (Wildman–Crippen LogP) is 2.90. The molecule has 1 aliphatic rings. The molecule has 0 aliphatic carbocycles. The maximum absolute atomic E-state index is 13.2. The van der Waals surface area contributed by atoms with E-state index in [9.17, 15) is 9.18 Å². The highest BCUT2D eigenvalue weighted by Crippen LogP contribution is 2.21. The van der Waals surface area contributed by atoms with Gasteiger partial charge in [-0.1, -0.05) is 19.9 Å². The van der Waals surface area contributed by atoms with Gasteiger partial charge in [-0.3, -0.25) is 4.79 Å². The summed E-state index contributed by atoms with van der Waals surface area (Å²) in [5, 5.41) is 3.00. The van der Waals surface area contributed by atoms with Gasteiger partial charge in [0.2, 0.25) is 11.9 Å². The van der Waals surface area contributed by atoms with Crippen molar-refractivity contribution in [2.45, 2.75) is 26.8 Å². The third-order valence-electron chi connectivity index (χ3n) is 3.82. The summed E-state index contributed by atoms with van der Waals surface area (Å²) in [6.45, 7) is 5.02. The van der Waals surface area contributed by atoms with Gasteiger partial charge in [-0.25, -0.2) is 14.4 Å². The molecule has 0 atom stereocenters. The van der Waals surface area contributed by atoms with Crippen LogP contribution in [0.5, 0.6) is 0 Å². The van der Waals surface area contributed by atoms with Crippen molar-refractivity contribution in [3.05, 3.63) is 47.5 Å². The van der Waals surface area contributed by atoms with Crippen molar-refractivity contribution in [2.75, 3.05) is 11.9 Å². The summed E-state index contributed by atoms with van der Waals surface area (Å²) in [5.74, 6) is 0.276. The first-order valence-corrected chi connectivity index (χ1v) is 7.69. The van der Waals surface area contributed by atoms with Gasteiger partial charge in [0, 0.05) is 42.9 Å². The lowest BCUT2D eigenvalue weighted by molar-refractivity contribution is -0.135. The van der Waals surface area contributed by atoms with Crippen LogP contribution in [0, 0.1) is 11.7 Å². The van der Waals surface area contributed by atoms with Gasteiger partial charge in [0.05, 0.1) is 5.69 Å². The van der Waals surface area contributed by atoms with Crippen molar-refractivity contribution < 1.29 is 9.18 Å². The molecule has 0 saturated heterocycles. The number of nitrogens with one attached hydrogen (secondary N) is 1. The topological polar surface area (TPSA) is 58.1 Å². The molecule has 1 aromatic carbocycles. The molecular formula is C17H19FN4O. The standard InChI is InChI=1S/C17H19FN4O/c1-11(2)16(23)22-7-6-15-12(10-22)9-19-17(21-15)20-14-5-3-4-13(18)8-14/h3-5,8-9,11H,6-7,10H2,1-2H3,(H,19,20,21). The van der Waals surface area contributed by atoms with E-state index < -0.39 is 0 Å². The van der Waals surface area contributed by atoms with Gasteiger partial charge >= 0.3 is 0 Å². The summed E-state index contributed by atoms with van der Waals surface area (Å²) < 4.78 is 13.2. The summed E-state index contributed by atoms with van der Waals surface area (Å²) in [5.41, 5.74) is 2.51. The van der Waals surface area contributed by atoms with E-state index in [2.05, 4.69) is 15.3 Å². The van der Waals surface area contributed by atoms with Crippen LogP contribution >= 0.6 is 0 Å². The molecule has 23 heavy (non-hydrogen) atoms. The van der Waals surface area contributed by atoms with Crippen LogP contribution in [0.2, 0.25) is 0 Å². The molecule has 0 radical (unpaired) electrons. The van der Waals surface area contributed by atoms with Crippen molar-refractivity contribution in [3.8, 4) is 0 Å². The summed E-state index contributed by atoms with van der Waals surface area (Å²) in [4.78, 5) is 22.7. The van der Waals surface area contributed by atoms with E-state index in [-0.39, 0.29) is 17.6 Å². The van der Waals surface area contributed by atoms with Crippen LogP contribution < -0.4 is 5.32 Å². The van der Waals surface area contributed by atoms with Crippen LogP contribution in [-0.2, 0) is 17.8 Å². The molecule has 3 rings (SSSR count). The number of aromatic nitrogens is 2. The minimum absolute atomic E-state index is 0.00798. The third-order valence-corrected chi connectivity index (χ3v) is 3.82. The van der Waals surface area contributed by atoms with E-state index in [4.69, 9.17) is 0 Å². The van der Waals surface area contributed by atoms with E-state index in [1.54, 1.807) is 18.3 Å². The van der Waals surface area contributed by atoms with Crippen LogP contribution in [0.25, 0.3) is 0 Å². The van der Waals surface area contributed by atoms with Crippen LogP contribution in [-0.4, -0.2) is 27.3 Å². The predicted molar refractivity (Wildman–Crippen MR) is 85.7 cm³/mol. The molecule has 5 nitrogen and oxygen atoms in total. The molecule has 120 valence electrons. The molecule has 2 heterocycles. The maximum atomic E-state index is 13.2. The number of halogens is 1. The molecule has 0 bridgehead atoms. The number of rotatable bonds is 3. The van der Waals surface area contributed by atoms with E-state index in [1.165, 1.54) is 12.1 Å². The quantitative estimate of drug-likeness (QED) is 0.946. The smallest absolute Gasteiger partial charge is 0.227 e. The second-order valence-electron chi connectivity index (χ2n) is 5.97. The molecule has 0 spiro atoms. The summed E-state index contributed by atoms with van der Waals surface area (Å²) in [7, 11) is 0. The van der Waals surface area contributed by atoms with E-state index in [1.807, 2.05) is 18.7 Å². The lowest BCUT2D eigenvalue weighted by Crippen LogP contribution is -2.38. The molecule has 0 unspecified atom stereocenters. The fourth-order valence-electron chi connectivity index (χ4n) is 2.62. The third kappa shape index (κ3) is 3.47. The first-order valence-electron chi connectivity index (χ1n) is 7.69. The zero-order valence-corrected chi connectivity index (χ0v) is 13.2. The van der Waals surface area contributed by atoms with Gasteiger partial charge in [-0.15, -0.1) is 0 Å². The number of fused-ring (bicyclic) bond motifs is 1. The Hall–Kier alpha value is -2.50. The Balaban J connectivity index is 1.75. The molecule has 1 amide bonds. The zero-order valence-electron chi connectivity index (χ0n) is 13.2. The molecule has 1 aromatic heterocycles. The van der Waals surface area contributed by atoms with E-state index in [0.717, 1.165) is 11.3 Å². The number of hydrogen-bond acceptors (Lipinski definition) is 4. The normalized spacial score (nSPS) is 13.8. The number of anilines is 2. The van der Waals surface area contributed by atoms with Crippen molar-refractivity contribution in [2.24, 2.45) is 5.92 Å². The fourth-order valence-corrected chi connectivity index (χ4v) is 2.62. The highest BCUT2D eigenvalue weighted by atomic mass is 19.1. The molecule has 2 aromatic rings. The molecule has 0 saturated carbocycles. The van der Waals surface area contributed by atoms with Gasteiger partial charge in [0.25, 0.3) is 0 Å². The number of amides is 1. The van der Waals surface area contributed by atoms with Crippen molar-refractivity contribution in [1.82, 2.24) is 14.9 Å². The summed E-state index contributed by atoms with van der Waals surface area (Å²) >= 11 is 0. The monoisotopic (exact) mass is 314 g/mol. The fraction of sp³-hybridized carbons (Fsp3) is 0.353. The second-order valence-corrected chi connectivity index (χ2v) is 5.97. The van der Waals surface area contributed by atoms with Gasteiger partial charge < -0.3 is 10.2 Å². The molecule has 0 fully saturated rings. The molecule has 1 aliphatic heterocycles. The second kappa shape index (κ2) is 6.32. The Morgan fingerprint density at radius 2 is 2.22 bits per heavy atom. The minimum atomic E-state index is -0.309. The Bertz CT molecular complexity index is 732. The first-order chi connectivity index (χ1) is 11.0. The lowest BCUT2D eigenvalue weighted by atomic mass is 10.1. The van der Waals surface area contributed by atoms with Crippen LogP contribution in [0.4, 0.5) is 16.0 Å². The molecular weight excluding hydrogens is 295 g/mol. The minimum Gasteiger partial charge on any atom is -0.338 e. The highest BCUT2D eigenvalue weighted by Gasteiger charge is 2.23. The summed E-state index contributed by atoms with van der Waals surface area (Å²) in [6, 6.07) is 6.17. The summed E-state index contributed by atoms with van der Waals surface area (Å²) in [6.07, 6.45) is 2.44. The highest BCUT2D eigenvalue weighted by molar-refractivity contribution is 5.78. The Morgan fingerprint density at radius 3 is 2.96 bits per heavy atom. The van der Waals surface area contributed by atoms with Crippen molar-refractivity contribution >= 4 is 17.5 Å². The van der Waals surface area contributed by atoms with Crippen molar-refractivity contribution in [3.63, 3.8) is 0 Å². The van der Waals surface area contributed by atoms with Crippen LogP contribution in [0.3, 0.4) is 0 Å². The lowest BCUT2D eigenvalue weighted by Gasteiger charge is -2.29. The van der Waals surface area contributed by atoms with Gasteiger partial charge in [-0.05, 0) is 18.2 Å². The number of carbonyl (C=O) groups excluding carboxylic acids is 1. The Labute approximate surface area is 134 Å². The maximum Gasteiger partial charge on any atom is 0.227 e.